The highest BCUT2D eigenvalue weighted by molar-refractivity contribution is 5.76. The van der Waals surface area contributed by atoms with E-state index in [1.165, 1.54) is 0 Å². The van der Waals surface area contributed by atoms with Crippen LogP contribution in [0.4, 0.5) is 0 Å². The van der Waals surface area contributed by atoms with Crippen LogP contribution in [0.5, 0.6) is 0 Å². The fourth-order valence-corrected chi connectivity index (χ4v) is 5.59. The summed E-state index contributed by atoms with van der Waals surface area (Å²) in [6.07, 6.45) is 8.74. The molecule has 0 amide bonds. The van der Waals surface area contributed by atoms with Crippen molar-refractivity contribution in [1.82, 2.24) is 0 Å². The van der Waals surface area contributed by atoms with E-state index in [9.17, 15) is 19.8 Å². The lowest BCUT2D eigenvalue weighted by Gasteiger charge is -2.51. The van der Waals surface area contributed by atoms with Crippen LogP contribution in [0.3, 0.4) is 0 Å². The zero-order valence-corrected chi connectivity index (χ0v) is 20.2. The van der Waals surface area contributed by atoms with Crippen molar-refractivity contribution in [2.24, 2.45) is 29.1 Å². The molecule has 0 spiro atoms. The zero-order chi connectivity index (χ0) is 23.7. The van der Waals surface area contributed by atoms with E-state index in [-0.39, 0.29) is 54.7 Å². The first kappa shape index (κ1) is 25.0. The molecule has 0 aromatic carbocycles. The fourth-order valence-electron chi connectivity index (χ4n) is 5.59. The fraction of sp³-hybridized carbons (Fsp3) is 0.769. The standard InChI is InChI=1S/C26H40O6/c1-6-25(4,5)24(30)32-26(15-27)14-16(2)11-18-8-7-17(3)21(23(18)26)10-9-20-12-19(28)13-22(29)31-20/h7-8,11,16-17,19-21,23,27-28H,6,9-10,12-15H2,1-5H3/t16-,17?,19+,20?,21-,23-,26+/m0/s1. The van der Waals surface area contributed by atoms with E-state index >= 15 is 0 Å². The van der Waals surface area contributed by atoms with Gasteiger partial charge in [-0.3, -0.25) is 9.59 Å². The minimum Gasteiger partial charge on any atom is -0.462 e. The molecule has 2 aliphatic carbocycles. The number of allylic oxidation sites excluding steroid dienone is 3. The van der Waals surface area contributed by atoms with Crippen LogP contribution in [0.2, 0.25) is 0 Å². The Bertz CT molecular complexity index is 768. The van der Waals surface area contributed by atoms with Gasteiger partial charge >= 0.3 is 11.9 Å². The highest BCUT2D eigenvalue weighted by atomic mass is 16.6. The molecule has 1 saturated heterocycles. The molecule has 6 heteroatoms. The lowest BCUT2D eigenvalue weighted by atomic mass is 9.60. The molecule has 3 aliphatic rings. The van der Waals surface area contributed by atoms with Crippen LogP contribution in [0.1, 0.15) is 73.1 Å². The van der Waals surface area contributed by atoms with Crippen molar-refractivity contribution in [3.8, 4) is 0 Å². The molecular formula is C26H40O6. The van der Waals surface area contributed by atoms with Gasteiger partial charge in [0.15, 0.2) is 0 Å². The van der Waals surface area contributed by atoms with E-state index < -0.39 is 17.1 Å². The summed E-state index contributed by atoms with van der Waals surface area (Å²) >= 11 is 0. The van der Waals surface area contributed by atoms with E-state index in [0.29, 0.717) is 25.7 Å². The van der Waals surface area contributed by atoms with Gasteiger partial charge in [-0.15, -0.1) is 0 Å². The number of hydrogen-bond donors (Lipinski definition) is 2. The molecule has 1 fully saturated rings. The molecule has 2 N–H and O–H groups in total. The van der Waals surface area contributed by atoms with Gasteiger partial charge in [0.05, 0.1) is 24.5 Å². The van der Waals surface area contributed by atoms with Crippen molar-refractivity contribution < 1.29 is 29.3 Å². The van der Waals surface area contributed by atoms with Crippen molar-refractivity contribution in [3.63, 3.8) is 0 Å². The number of rotatable bonds is 7. The van der Waals surface area contributed by atoms with Crippen LogP contribution in [0.15, 0.2) is 23.8 Å². The van der Waals surface area contributed by atoms with E-state index in [1.807, 2.05) is 20.8 Å². The molecule has 180 valence electrons. The van der Waals surface area contributed by atoms with Crippen LogP contribution >= 0.6 is 0 Å². The van der Waals surface area contributed by atoms with E-state index in [1.54, 1.807) is 0 Å². The molecular weight excluding hydrogens is 408 g/mol. The summed E-state index contributed by atoms with van der Waals surface area (Å²) in [5, 5.41) is 20.6. The second kappa shape index (κ2) is 9.68. The first-order chi connectivity index (χ1) is 15.0. The van der Waals surface area contributed by atoms with E-state index in [2.05, 4.69) is 32.1 Å². The third-order valence-electron chi connectivity index (χ3n) is 7.82. The maximum atomic E-state index is 13.1. The minimum absolute atomic E-state index is 0.0588. The number of hydrogen-bond acceptors (Lipinski definition) is 6. The second-order valence-electron chi connectivity index (χ2n) is 10.8. The quantitative estimate of drug-likeness (QED) is 0.573. The Hall–Kier alpha value is -1.66. The summed E-state index contributed by atoms with van der Waals surface area (Å²) in [5.41, 5.74) is -0.478. The average molecular weight is 449 g/mol. The van der Waals surface area contributed by atoms with Gasteiger partial charge in [-0.25, -0.2) is 0 Å². The van der Waals surface area contributed by atoms with Gasteiger partial charge in [0.25, 0.3) is 0 Å². The van der Waals surface area contributed by atoms with Gasteiger partial charge < -0.3 is 19.7 Å². The molecule has 0 aromatic heterocycles. The highest BCUT2D eigenvalue weighted by Gasteiger charge is 2.53. The van der Waals surface area contributed by atoms with Crippen LogP contribution in [0.25, 0.3) is 0 Å². The Balaban J connectivity index is 1.88. The maximum absolute atomic E-state index is 13.1. The summed E-state index contributed by atoms with van der Waals surface area (Å²) in [6.45, 7) is 9.75. The van der Waals surface area contributed by atoms with Gasteiger partial charge in [-0.2, -0.15) is 0 Å². The minimum atomic E-state index is -0.973. The SMILES string of the molecule is CCC(C)(C)C(=O)O[C@@]1(CO)C[C@@H](C)C=C2C=CC(C)[C@H](CCC3C[C@@H](O)CC(=O)O3)[C@H]21. The van der Waals surface area contributed by atoms with Gasteiger partial charge in [0, 0.05) is 12.3 Å². The molecule has 0 radical (unpaired) electrons. The Kier molecular flexibility index (Phi) is 7.55. The van der Waals surface area contributed by atoms with Crippen LogP contribution in [-0.4, -0.2) is 46.6 Å². The van der Waals surface area contributed by atoms with E-state index in [0.717, 1.165) is 12.0 Å². The molecule has 1 aliphatic heterocycles. The zero-order valence-electron chi connectivity index (χ0n) is 20.2. The Morgan fingerprint density at radius 3 is 2.66 bits per heavy atom. The molecule has 7 atom stereocenters. The highest BCUT2D eigenvalue weighted by Crippen LogP contribution is 2.51. The van der Waals surface area contributed by atoms with Gasteiger partial charge in [-0.1, -0.05) is 39.0 Å². The number of aliphatic hydroxyl groups is 2. The first-order valence-corrected chi connectivity index (χ1v) is 12.1. The Labute approximate surface area is 192 Å². The average Bonchev–Trinajstić information content (AvgIpc) is 2.72. The summed E-state index contributed by atoms with van der Waals surface area (Å²) < 4.78 is 11.7. The van der Waals surface area contributed by atoms with Crippen LogP contribution in [-0.2, 0) is 19.1 Å². The smallest absolute Gasteiger partial charge is 0.312 e. The molecule has 0 bridgehead atoms. The molecule has 32 heavy (non-hydrogen) atoms. The number of cyclic esters (lactones) is 1. The van der Waals surface area contributed by atoms with Crippen molar-refractivity contribution in [2.45, 2.75) is 91.0 Å². The number of carbonyl (C=O) groups excluding carboxylic acids is 2. The summed E-state index contributed by atoms with van der Waals surface area (Å²) in [5.74, 6) is -0.214. The summed E-state index contributed by atoms with van der Waals surface area (Å²) in [6, 6.07) is 0. The van der Waals surface area contributed by atoms with Crippen molar-refractivity contribution in [2.75, 3.05) is 6.61 Å². The topological polar surface area (TPSA) is 93.1 Å². The van der Waals surface area contributed by atoms with E-state index in [4.69, 9.17) is 9.47 Å². The normalized spacial score (nSPS) is 37.3. The molecule has 6 nitrogen and oxygen atoms in total. The number of aliphatic hydroxyl groups excluding tert-OH is 2. The maximum Gasteiger partial charge on any atom is 0.312 e. The molecule has 3 rings (SSSR count). The van der Waals surface area contributed by atoms with Crippen LogP contribution < -0.4 is 0 Å². The van der Waals surface area contributed by atoms with Gasteiger partial charge in [0.1, 0.15) is 11.7 Å². The summed E-state index contributed by atoms with van der Waals surface area (Å²) in [7, 11) is 0. The molecule has 0 saturated carbocycles. The molecule has 1 heterocycles. The van der Waals surface area contributed by atoms with Gasteiger partial charge in [0.2, 0.25) is 0 Å². The summed E-state index contributed by atoms with van der Waals surface area (Å²) in [4.78, 5) is 24.9. The first-order valence-electron chi connectivity index (χ1n) is 12.1. The number of carbonyl (C=O) groups is 2. The predicted octanol–water partition coefficient (Wildman–Crippen LogP) is 3.95. The molecule has 0 aromatic rings. The van der Waals surface area contributed by atoms with Crippen LogP contribution in [0, 0.1) is 29.1 Å². The third-order valence-corrected chi connectivity index (χ3v) is 7.82. The largest absolute Gasteiger partial charge is 0.462 e. The van der Waals surface area contributed by atoms with Crippen molar-refractivity contribution in [3.05, 3.63) is 23.8 Å². The number of fused-ring (bicyclic) bond motifs is 1. The number of esters is 2. The van der Waals surface area contributed by atoms with Crippen molar-refractivity contribution in [1.29, 1.82) is 0 Å². The second-order valence-corrected chi connectivity index (χ2v) is 10.8. The monoisotopic (exact) mass is 448 g/mol. The third kappa shape index (κ3) is 5.12. The predicted molar refractivity (Wildman–Crippen MR) is 121 cm³/mol. The van der Waals surface area contributed by atoms with Crippen molar-refractivity contribution >= 4 is 11.9 Å². The number of ether oxygens (including phenoxy) is 2. The molecule has 2 unspecified atom stereocenters. The Morgan fingerprint density at radius 2 is 2.03 bits per heavy atom. The Morgan fingerprint density at radius 1 is 1.31 bits per heavy atom. The van der Waals surface area contributed by atoms with Gasteiger partial charge in [-0.05, 0) is 62.9 Å². The lowest BCUT2D eigenvalue weighted by molar-refractivity contribution is -0.189. The lowest BCUT2D eigenvalue weighted by Crippen LogP contribution is -2.55.